The molecular weight excluding hydrogens is 458 g/mol. The maximum absolute atomic E-state index is 13.8. The van der Waals surface area contributed by atoms with Gasteiger partial charge in [0.25, 0.3) is 0 Å². The summed E-state index contributed by atoms with van der Waals surface area (Å²) >= 11 is 2.01. The first kappa shape index (κ1) is 21.4. The second kappa shape index (κ2) is 7.82. The SMILES string of the molecule is COC(=O)C12CC(Cc3ccccc3)SC1C1(c3ccc4c(c3)OCCO4)CCC2c2c[nH]cc21. The van der Waals surface area contributed by atoms with E-state index in [2.05, 4.69) is 59.8 Å². The number of fused-ring (bicyclic) bond motifs is 2. The summed E-state index contributed by atoms with van der Waals surface area (Å²) in [6, 6.07) is 17.1. The Morgan fingerprint density at radius 2 is 1.94 bits per heavy atom. The Morgan fingerprint density at radius 1 is 1.11 bits per heavy atom. The fourth-order valence-corrected chi connectivity index (χ4v) is 9.80. The third kappa shape index (κ3) is 2.86. The van der Waals surface area contributed by atoms with Gasteiger partial charge in [0.15, 0.2) is 11.5 Å². The third-order valence-corrected chi connectivity index (χ3v) is 10.6. The van der Waals surface area contributed by atoms with Crippen molar-refractivity contribution in [1.82, 2.24) is 4.98 Å². The molecule has 3 heterocycles. The van der Waals surface area contributed by atoms with Crippen LogP contribution in [0, 0.1) is 5.41 Å². The predicted octanol–water partition coefficient (Wildman–Crippen LogP) is 5.24. The Labute approximate surface area is 209 Å². The van der Waals surface area contributed by atoms with E-state index in [4.69, 9.17) is 14.2 Å². The van der Waals surface area contributed by atoms with E-state index >= 15 is 0 Å². The number of carbonyl (C=O) groups excluding carboxylic acids is 1. The number of carbonyl (C=O) groups is 1. The van der Waals surface area contributed by atoms with Crippen LogP contribution in [0.2, 0.25) is 0 Å². The molecule has 3 aliphatic carbocycles. The van der Waals surface area contributed by atoms with Crippen LogP contribution in [-0.2, 0) is 21.4 Å². The maximum Gasteiger partial charge on any atom is 0.313 e. The molecule has 2 fully saturated rings. The van der Waals surface area contributed by atoms with Crippen molar-refractivity contribution in [2.45, 2.75) is 47.5 Å². The lowest BCUT2D eigenvalue weighted by molar-refractivity contribution is -0.158. The summed E-state index contributed by atoms with van der Waals surface area (Å²) in [4.78, 5) is 17.2. The first-order chi connectivity index (χ1) is 17.2. The highest BCUT2D eigenvalue weighted by Gasteiger charge is 2.71. The van der Waals surface area contributed by atoms with Crippen LogP contribution in [0.5, 0.6) is 11.5 Å². The number of rotatable bonds is 4. The minimum atomic E-state index is -0.542. The fraction of sp³-hybridized carbons (Fsp3) is 0.414. The minimum absolute atomic E-state index is 0.0518. The molecule has 180 valence electrons. The summed E-state index contributed by atoms with van der Waals surface area (Å²) in [5.41, 5.74) is 4.33. The van der Waals surface area contributed by atoms with Crippen molar-refractivity contribution in [3.05, 3.63) is 83.2 Å². The number of methoxy groups -OCH3 is 1. The van der Waals surface area contributed by atoms with Gasteiger partial charge < -0.3 is 19.2 Å². The highest BCUT2D eigenvalue weighted by atomic mass is 32.2. The first-order valence-electron chi connectivity index (χ1n) is 12.5. The molecule has 2 aromatic carbocycles. The van der Waals surface area contributed by atoms with Crippen LogP contribution in [0.25, 0.3) is 0 Å². The zero-order valence-electron chi connectivity index (χ0n) is 19.8. The van der Waals surface area contributed by atoms with Crippen LogP contribution >= 0.6 is 11.8 Å². The van der Waals surface area contributed by atoms with Crippen molar-refractivity contribution in [1.29, 1.82) is 0 Å². The quantitative estimate of drug-likeness (QED) is 0.510. The van der Waals surface area contributed by atoms with Gasteiger partial charge in [-0.05, 0) is 60.1 Å². The number of esters is 1. The van der Waals surface area contributed by atoms with Crippen molar-refractivity contribution >= 4 is 17.7 Å². The van der Waals surface area contributed by atoms with Gasteiger partial charge in [-0.1, -0.05) is 36.4 Å². The molecule has 0 spiro atoms. The molecular formula is C29H29NO4S. The van der Waals surface area contributed by atoms with Gasteiger partial charge in [-0.3, -0.25) is 4.79 Å². The Balaban J connectivity index is 1.40. The summed E-state index contributed by atoms with van der Waals surface area (Å²) in [6.07, 6.45) is 8.08. The average molecular weight is 488 g/mol. The van der Waals surface area contributed by atoms with E-state index in [1.165, 1.54) is 22.3 Å². The Kier molecular flexibility index (Phi) is 4.79. The Hall–Kier alpha value is -2.86. The number of benzene rings is 2. The van der Waals surface area contributed by atoms with E-state index in [0.29, 0.717) is 18.5 Å². The second-order valence-electron chi connectivity index (χ2n) is 10.3. The van der Waals surface area contributed by atoms with E-state index in [-0.39, 0.29) is 22.6 Å². The molecule has 5 atom stereocenters. The lowest BCUT2D eigenvalue weighted by Gasteiger charge is -2.58. The van der Waals surface area contributed by atoms with Crippen molar-refractivity contribution in [2.24, 2.45) is 5.41 Å². The van der Waals surface area contributed by atoms with Crippen molar-refractivity contribution in [3.8, 4) is 11.5 Å². The van der Waals surface area contributed by atoms with Gasteiger partial charge in [0, 0.05) is 34.2 Å². The van der Waals surface area contributed by atoms with Gasteiger partial charge in [0.2, 0.25) is 0 Å². The molecule has 1 saturated heterocycles. The molecule has 2 bridgehead atoms. The summed E-state index contributed by atoms with van der Waals surface area (Å²) in [5.74, 6) is 1.73. The number of H-pyrrole nitrogens is 1. The smallest absolute Gasteiger partial charge is 0.313 e. The van der Waals surface area contributed by atoms with Gasteiger partial charge >= 0.3 is 5.97 Å². The predicted molar refractivity (Wildman–Crippen MR) is 135 cm³/mol. The molecule has 1 aromatic heterocycles. The molecule has 0 amide bonds. The van der Waals surface area contributed by atoms with E-state index in [0.717, 1.165) is 37.2 Å². The molecule has 8 rings (SSSR count). The van der Waals surface area contributed by atoms with E-state index in [1.54, 1.807) is 7.11 Å². The van der Waals surface area contributed by atoms with Crippen LogP contribution in [0.15, 0.2) is 60.9 Å². The summed E-state index contributed by atoms with van der Waals surface area (Å²) < 4.78 is 17.4. The monoisotopic (exact) mass is 487 g/mol. The van der Waals surface area contributed by atoms with Crippen molar-refractivity contribution < 1.29 is 19.0 Å². The van der Waals surface area contributed by atoms with Crippen LogP contribution in [-0.4, -0.2) is 41.8 Å². The zero-order chi connectivity index (χ0) is 23.6. The molecule has 5 unspecified atom stereocenters. The van der Waals surface area contributed by atoms with Gasteiger partial charge in [-0.2, -0.15) is 11.8 Å². The standard InChI is InChI=1S/C29H29NO4S/c1-32-27(31)29-15-20(13-18-5-3-2-4-6-18)35-26(29)28(10-9-22(29)21-16-30-17-23(21)28)19-7-8-24-25(14-19)34-12-11-33-24/h2-8,14,16-17,20,22,26,30H,9-13,15H2,1H3. The Morgan fingerprint density at radius 3 is 2.77 bits per heavy atom. The van der Waals surface area contributed by atoms with E-state index in [9.17, 15) is 4.79 Å². The molecule has 1 saturated carbocycles. The molecule has 5 aliphatic rings. The fourth-order valence-electron chi connectivity index (χ4n) is 7.54. The van der Waals surface area contributed by atoms with Crippen LogP contribution in [0.4, 0.5) is 0 Å². The molecule has 35 heavy (non-hydrogen) atoms. The van der Waals surface area contributed by atoms with E-state index < -0.39 is 5.41 Å². The number of ether oxygens (including phenoxy) is 3. The van der Waals surface area contributed by atoms with Crippen molar-refractivity contribution in [3.63, 3.8) is 0 Å². The van der Waals surface area contributed by atoms with Gasteiger partial charge in [-0.15, -0.1) is 0 Å². The number of aromatic amines is 1. The largest absolute Gasteiger partial charge is 0.486 e. The van der Waals surface area contributed by atoms with Crippen molar-refractivity contribution in [2.75, 3.05) is 20.3 Å². The molecule has 5 nitrogen and oxygen atoms in total. The van der Waals surface area contributed by atoms with Crippen LogP contribution < -0.4 is 9.47 Å². The maximum atomic E-state index is 13.8. The van der Waals surface area contributed by atoms with Gasteiger partial charge in [0.1, 0.15) is 13.2 Å². The van der Waals surface area contributed by atoms with Crippen LogP contribution in [0.1, 0.15) is 47.4 Å². The number of aromatic nitrogens is 1. The summed E-state index contributed by atoms with van der Waals surface area (Å²) in [7, 11) is 1.56. The molecule has 6 heteroatoms. The lowest BCUT2D eigenvalue weighted by Crippen LogP contribution is -2.60. The average Bonchev–Trinajstić information content (AvgIpc) is 3.56. The van der Waals surface area contributed by atoms with Crippen LogP contribution in [0.3, 0.4) is 0 Å². The highest BCUT2D eigenvalue weighted by Crippen LogP contribution is 2.72. The zero-order valence-corrected chi connectivity index (χ0v) is 20.6. The van der Waals surface area contributed by atoms with Gasteiger partial charge in [0.05, 0.1) is 12.5 Å². The first-order valence-corrected chi connectivity index (χ1v) is 13.5. The number of hydrogen-bond donors (Lipinski definition) is 1. The summed E-state index contributed by atoms with van der Waals surface area (Å²) in [6.45, 7) is 1.14. The van der Waals surface area contributed by atoms with Gasteiger partial charge in [-0.25, -0.2) is 0 Å². The number of nitrogens with one attached hydrogen (secondary N) is 1. The highest BCUT2D eigenvalue weighted by molar-refractivity contribution is 8.01. The molecule has 3 aromatic rings. The van der Waals surface area contributed by atoms with E-state index in [1.807, 2.05) is 17.8 Å². The summed E-state index contributed by atoms with van der Waals surface area (Å²) in [5, 5.41) is 0.451. The minimum Gasteiger partial charge on any atom is -0.486 e. The second-order valence-corrected chi connectivity index (χ2v) is 11.7. The third-order valence-electron chi connectivity index (χ3n) is 8.82. The molecule has 1 N–H and O–H groups in total. The normalized spacial score (nSPS) is 32.1. The lowest BCUT2D eigenvalue weighted by atomic mass is 9.45. The Bertz CT molecular complexity index is 1290. The topological polar surface area (TPSA) is 60.6 Å². The molecule has 0 radical (unpaired) electrons. The molecule has 2 aliphatic heterocycles. The number of hydrogen-bond acceptors (Lipinski definition) is 5. The number of thioether (sulfide) groups is 1.